The largest absolute Gasteiger partial charge is 0.452 e. The first kappa shape index (κ1) is 28.4. The molecule has 3 aromatic heterocycles. The second kappa shape index (κ2) is 12.1. The fraction of sp³-hybridized carbons (Fsp3) is 0. The number of benzene rings is 6. The van der Waals surface area contributed by atoms with E-state index in [1.165, 1.54) is 0 Å². The predicted molar refractivity (Wildman–Crippen MR) is 195 cm³/mol. The predicted octanol–water partition coefficient (Wildman–Crippen LogP) is 10.6. The zero-order valence-electron chi connectivity index (χ0n) is 26.2. The van der Waals surface area contributed by atoms with Gasteiger partial charge in [-0.3, -0.25) is 0 Å². The third-order valence-corrected chi connectivity index (χ3v) is 8.64. The van der Waals surface area contributed by atoms with E-state index in [2.05, 4.69) is 64.6 Å². The number of hydrogen-bond acceptors (Lipinski definition) is 6. The summed E-state index contributed by atoms with van der Waals surface area (Å²) < 4.78 is 6.27. The second-order valence-corrected chi connectivity index (χ2v) is 11.8. The molecule has 0 saturated heterocycles. The molecule has 0 saturated carbocycles. The van der Waals surface area contributed by atoms with Crippen LogP contribution in [0.5, 0.6) is 0 Å². The van der Waals surface area contributed by atoms with Crippen LogP contribution < -0.4 is 0 Å². The molecule has 0 N–H and O–H groups in total. The molecular weight excluding hydrogens is 603 g/mol. The van der Waals surface area contributed by atoms with Crippen LogP contribution in [0.4, 0.5) is 0 Å². The van der Waals surface area contributed by atoms with Crippen molar-refractivity contribution in [2.24, 2.45) is 0 Å². The Labute approximate surface area is 282 Å². The van der Waals surface area contributed by atoms with Crippen LogP contribution in [0.2, 0.25) is 0 Å². The number of hydrogen-bond donors (Lipinski definition) is 0. The molecule has 0 atom stereocenters. The lowest BCUT2D eigenvalue weighted by atomic mass is 10.0. The molecule has 0 radical (unpaired) electrons. The third-order valence-electron chi connectivity index (χ3n) is 8.64. The Morgan fingerprint density at radius 2 is 0.816 bits per heavy atom. The molecule has 0 bridgehead atoms. The summed E-state index contributed by atoms with van der Waals surface area (Å²) in [6.45, 7) is 0. The number of furan rings is 1. The van der Waals surface area contributed by atoms with Gasteiger partial charge in [0, 0.05) is 27.6 Å². The molecule has 0 fully saturated rings. The molecule has 9 rings (SSSR count). The summed E-state index contributed by atoms with van der Waals surface area (Å²) in [5.41, 5.74) is 10.9. The van der Waals surface area contributed by atoms with E-state index in [4.69, 9.17) is 19.4 Å². The maximum atomic E-state index is 6.27. The molecule has 6 heteroatoms. The van der Waals surface area contributed by atoms with Crippen molar-refractivity contribution >= 4 is 22.1 Å². The van der Waals surface area contributed by atoms with Gasteiger partial charge in [-0.15, -0.1) is 0 Å². The van der Waals surface area contributed by atoms with Crippen LogP contribution in [0, 0.1) is 0 Å². The number of rotatable bonds is 6. The Hall–Kier alpha value is -6.79. The first-order chi connectivity index (χ1) is 24.3. The summed E-state index contributed by atoms with van der Waals surface area (Å²) in [7, 11) is 0. The highest BCUT2D eigenvalue weighted by molar-refractivity contribution is 6.06. The fourth-order valence-electron chi connectivity index (χ4n) is 6.23. The highest BCUT2D eigenvalue weighted by Crippen LogP contribution is 2.35. The van der Waals surface area contributed by atoms with Gasteiger partial charge in [0.15, 0.2) is 23.1 Å². The Kier molecular flexibility index (Phi) is 7.02. The van der Waals surface area contributed by atoms with Crippen molar-refractivity contribution in [3.05, 3.63) is 164 Å². The molecule has 6 nitrogen and oxygen atoms in total. The lowest BCUT2D eigenvalue weighted by Gasteiger charge is -2.11. The second-order valence-electron chi connectivity index (χ2n) is 11.8. The number of nitrogens with zero attached hydrogens (tertiary/aromatic N) is 5. The molecule has 9 aromatic rings. The van der Waals surface area contributed by atoms with Crippen molar-refractivity contribution in [3.8, 4) is 67.7 Å². The summed E-state index contributed by atoms with van der Waals surface area (Å²) in [4.78, 5) is 24.4. The van der Waals surface area contributed by atoms with Crippen molar-refractivity contribution in [1.29, 1.82) is 0 Å². The van der Waals surface area contributed by atoms with Gasteiger partial charge in [-0.25, -0.2) is 24.9 Å². The average Bonchev–Trinajstić information content (AvgIpc) is 3.58. The van der Waals surface area contributed by atoms with Crippen LogP contribution >= 0.6 is 0 Å². The Morgan fingerprint density at radius 3 is 1.39 bits per heavy atom. The van der Waals surface area contributed by atoms with Crippen LogP contribution in [-0.2, 0) is 0 Å². The van der Waals surface area contributed by atoms with Crippen LogP contribution in [0.25, 0.3) is 89.7 Å². The van der Waals surface area contributed by atoms with Crippen molar-refractivity contribution < 1.29 is 4.42 Å². The minimum absolute atomic E-state index is 0.562. The molecule has 49 heavy (non-hydrogen) atoms. The van der Waals surface area contributed by atoms with Gasteiger partial charge in [0.05, 0.1) is 0 Å². The fourth-order valence-corrected chi connectivity index (χ4v) is 6.23. The van der Waals surface area contributed by atoms with E-state index < -0.39 is 0 Å². The van der Waals surface area contributed by atoms with Gasteiger partial charge in [-0.1, -0.05) is 127 Å². The quantitative estimate of drug-likeness (QED) is 0.182. The van der Waals surface area contributed by atoms with Crippen molar-refractivity contribution in [2.75, 3.05) is 0 Å². The van der Waals surface area contributed by atoms with E-state index in [1.807, 2.05) is 103 Å². The van der Waals surface area contributed by atoms with E-state index in [0.717, 1.165) is 61.0 Å². The van der Waals surface area contributed by atoms with E-state index in [1.54, 1.807) is 6.33 Å². The monoisotopic (exact) mass is 629 g/mol. The summed E-state index contributed by atoms with van der Waals surface area (Å²) in [5.74, 6) is 1.75. The maximum absolute atomic E-state index is 6.27. The highest BCUT2D eigenvalue weighted by Gasteiger charge is 2.17. The van der Waals surface area contributed by atoms with Gasteiger partial charge in [0.2, 0.25) is 0 Å². The summed E-state index contributed by atoms with van der Waals surface area (Å²) in [6.07, 6.45) is 1.59. The van der Waals surface area contributed by atoms with Gasteiger partial charge in [-0.2, -0.15) is 0 Å². The lowest BCUT2D eigenvalue weighted by molar-refractivity contribution is 0.667. The van der Waals surface area contributed by atoms with E-state index >= 15 is 0 Å². The minimum atomic E-state index is 0.562. The first-order valence-electron chi connectivity index (χ1n) is 16.1. The van der Waals surface area contributed by atoms with Crippen molar-refractivity contribution in [3.63, 3.8) is 0 Å². The Balaban J connectivity index is 1.20. The lowest BCUT2D eigenvalue weighted by Crippen LogP contribution is -2.00. The van der Waals surface area contributed by atoms with Gasteiger partial charge >= 0.3 is 0 Å². The molecule has 3 heterocycles. The maximum Gasteiger partial charge on any atom is 0.180 e. The molecular formula is C43H27N5O. The normalized spacial score (nSPS) is 11.3. The summed E-state index contributed by atoms with van der Waals surface area (Å²) >= 11 is 0. The smallest absolute Gasteiger partial charge is 0.180 e. The van der Waals surface area contributed by atoms with Crippen LogP contribution in [-0.4, -0.2) is 24.9 Å². The van der Waals surface area contributed by atoms with Gasteiger partial charge in [0.25, 0.3) is 0 Å². The molecule has 6 aromatic carbocycles. The van der Waals surface area contributed by atoms with Gasteiger partial charge in [0.1, 0.15) is 23.1 Å². The average molecular weight is 630 g/mol. The first-order valence-corrected chi connectivity index (χ1v) is 16.1. The standard InChI is InChI=1S/C43H27N5O/c1-3-12-28(13-4-1)30-16-9-19-33(24-30)41-46-42(34-20-10-17-31(25-34)29-14-5-2-6-15-29)48-43(47-41)35-21-11-18-32(26-35)38-40-39(45-27-44-38)36-22-7-8-23-37(36)49-40/h1-27H. The molecule has 0 aliphatic carbocycles. The zero-order valence-corrected chi connectivity index (χ0v) is 26.2. The molecule has 0 aliphatic rings. The van der Waals surface area contributed by atoms with Crippen LogP contribution in [0.15, 0.2) is 168 Å². The minimum Gasteiger partial charge on any atom is -0.452 e. The van der Waals surface area contributed by atoms with Crippen LogP contribution in [0.3, 0.4) is 0 Å². The van der Waals surface area contributed by atoms with E-state index in [9.17, 15) is 0 Å². The third kappa shape index (κ3) is 5.41. The summed E-state index contributed by atoms with van der Waals surface area (Å²) in [6, 6.07) is 53.3. The van der Waals surface area contributed by atoms with Gasteiger partial charge < -0.3 is 4.42 Å². The molecule has 0 amide bonds. The van der Waals surface area contributed by atoms with E-state index in [0.29, 0.717) is 28.8 Å². The van der Waals surface area contributed by atoms with Crippen molar-refractivity contribution in [2.45, 2.75) is 0 Å². The Morgan fingerprint density at radius 1 is 0.367 bits per heavy atom. The molecule has 0 aliphatic heterocycles. The molecule has 230 valence electrons. The van der Waals surface area contributed by atoms with Crippen LogP contribution in [0.1, 0.15) is 0 Å². The van der Waals surface area contributed by atoms with Gasteiger partial charge in [-0.05, 0) is 52.6 Å². The van der Waals surface area contributed by atoms with Crippen molar-refractivity contribution in [1.82, 2.24) is 24.9 Å². The number of aromatic nitrogens is 5. The summed E-state index contributed by atoms with van der Waals surface area (Å²) in [5, 5.41) is 0.958. The SMILES string of the molecule is c1ccc(-c2cccc(-c3nc(-c4cccc(-c5ccccc5)c4)nc(-c4cccc(-c5ncnc6c5oc5ccccc56)c4)n3)c2)cc1. The van der Waals surface area contributed by atoms with E-state index in [-0.39, 0.29) is 0 Å². The molecule has 0 spiro atoms. The highest BCUT2D eigenvalue weighted by atomic mass is 16.3. The topological polar surface area (TPSA) is 77.6 Å². The Bertz CT molecular complexity index is 2510. The molecule has 0 unspecified atom stereocenters. The zero-order chi connectivity index (χ0) is 32.6. The number of fused-ring (bicyclic) bond motifs is 3. The number of para-hydroxylation sites is 1.